The van der Waals surface area contributed by atoms with Crippen LogP contribution in [0.15, 0.2) is 29.3 Å². The molecule has 2 aliphatic rings. The van der Waals surface area contributed by atoms with E-state index < -0.39 is 0 Å². The van der Waals surface area contributed by atoms with Crippen LogP contribution in [0.25, 0.3) is 0 Å². The molecule has 2 N–H and O–H groups in total. The molecule has 2 aliphatic heterocycles. The number of benzene rings is 1. The number of likely N-dealkylation sites (tertiary alicyclic amines) is 1. The standard InChI is InChI=1S/C20H33N5.HI/c1-17-7-9-25(10-8-17)20(21)22-15-18-3-5-19(6-4-18)16-24-13-11-23(2)12-14-24;/h3-6,17H,7-16H2,1-2H3,(H2,21,22);1H. The molecule has 0 unspecified atom stereocenters. The molecule has 1 aromatic rings. The molecule has 0 bridgehead atoms. The van der Waals surface area contributed by atoms with Crippen LogP contribution in [0.4, 0.5) is 0 Å². The van der Waals surface area contributed by atoms with Crippen LogP contribution in [0.5, 0.6) is 0 Å². The zero-order chi connectivity index (χ0) is 17.6. The summed E-state index contributed by atoms with van der Waals surface area (Å²) in [7, 11) is 2.20. The number of nitrogens with two attached hydrogens (primary N) is 1. The molecule has 5 nitrogen and oxygen atoms in total. The van der Waals surface area contributed by atoms with Gasteiger partial charge in [-0.2, -0.15) is 0 Å². The van der Waals surface area contributed by atoms with Crippen molar-refractivity contribution in [2.45, 2.75) is 32.9 Å². The average Bonchev–Trinajstić information content (AvgIpc) is 2.63. The summed E-state index contributed by atoms with van der Waals surface area (Å²) in [4.78, 5) is 11.7. The second kappa shape index (κ2) is 10.5. The predicted molar refractivity (Wildman–Crippen MR) is 120 cm³/mol. The van der Waals surface area contributed by atoms with Gasteiger partial charge in [0.1, 0.15) is 0 Å². The Hall–Kier alpha value is -0.860. The van der Waals surface area contributed by atoms with Crippen LogP contribution in [-0.4, -0.2) is 67.0 Å². The first-order valence-electron chi connectivity index (χ1n) is 9.64. The quantitative estimate of drug-likeness (QED) is 0.417. The minimum atomic E-state index is 0. The highest BCUT2D eigenvalue weighted by atomic mass is 127. The summed E-state index contributed by atoms with van der Waals surface area (Å²) >= 11 is 0. The van der Waals surface area contributed by atoms with Crippen LogP contribution in [0.2, 0.25) is 0 Å². The van der Waals surface area contributed by atoms with Gasteiger partial charge in [-0.15, -0.1) is 24.0 Å². The van der Waals surface area contributed by atoms with E-state index in [0.717, 1.165) is 38.6 Å². The van der Waals surface area contributed by atoms with Gasteiger partial charge in [-0.1, -0.05) is 31.2 Å². The van der Waals surface area contributed by atoms with Crippen molar-refractivity contribution in [1.29, 1.82) is 0 Å². The van der Waals surface area contributed by atoms with Crippen molar-refractivity contribution < 1.29 is 0 Å². The summed E-state index contributed by atoms with van der Waals surface area (Å²) in [6.45, 7) is 10.8. The Morgan fingerprint density at radius 1 is 1.00 bits per heavy atom. The summed E-state index contributed by atoms with van der Waals surface area (Å²) in [6.07, 6.45) is 2.44. The van der Waals surface area contributed by atoms with E-state index in [1.165, 1.54) is 37.1 Å². The molecule has 0 aromatic heterocycles. The number of piperazine rings is 1. The van der Waals surface area contributed by atoms with Crippen LogP contribution in [-0.2, 0) is 13.1 Å². The fourth-order valence-electron chi connectivity index (χ4n) is 3.52. The summed E-state index contributed by atoms with van der Waals surface area (Å²) in [5, 5.41) is 0. The average molecular weight is 471 g/mol. The first kappa shape index (κ1) is 21.4. The van der Waals surface area contributed by atoms with Gasteiger partial charge in [0.15, 0.2) is 5.96 Å². The molecule has 2 saturated heterocycles. The maximum absolute atomic E-state index is 6.17. The Morgan fingerprint density at radius 3 is 2.19 bits per heavy atom. The number of nitrogens with zero attached hydrogens (tertiary/aromatic N) is 4. The molecule has 0 aliphatic carbocycles. The third-order valence-electron chi connectivity index (χ3n) is 5.56. The molecule has 0 spiro atoms. The lowest BCUT2D eigenvalue weighted by molar-refractivity contribution is 0.148. The Balaban J connectivity index is 0.00000243. The Morgan fingerprint density at radius 2 is 1.58 bits per heavy atom. The van der Waals surface area contributed by atoms with E-state index in [2.05, 4.69) is 57.9 Å². The molecule has 3 rings (SSSR count). The molecule has 0 amide bonds. The van der Waals surface area contributed by atoms with E-state index >= 15 is 0 Å². The van der Waals surface area contributed by atoms with E-state index in [1.54, 1.807) is 0 Å². The maximum Gasteiger partial charge on any atom is 0.191 e. The van der Waals surface area contributed by atoms with Gasteiger partial charge < -0.3 is 15.5 Å². The number of hydrogen-bond donors (Lipinski definition) is 1. The predicted octanol–water partition coefficient (Wildman–Crippen LogP) is 2.60. The first-order valence-corrected chi connectivity index (χ1v) is 9.64. The van der Waals surface area contributed by atoms with Gasteiger partial charge in [0.05, 0.1) is 6.54 Å². The number of piperidine rings is 1. The molecule has 2 fully saturated rings. The van der Waals surface area contributed by atoms with E-state index in [9.17, 15) is 0 Å². The van der Waals surface area contributed by atoms with Gasteiger partial charge in [-0.05, 0) is 36.9 Å². The molecule has 2 heterocycles. The number of likely N-dealkylation sites (N-methyl/N-ethyl adjacent to an activating group) is 1. The van der Waals surface area contributed by atoms with E-state index in [0.29, 0.717) is 12.5 Å². The molecule has 26 heavy (non-hydrogen) atoms. The van der Waals surface area contributed by atoms with Crippen LogP contribution in [0, 0.1) is 5.92 Å². The lowest BCUT2D eigenvalue weighted by Gasteiger charge is -2.32. The topological polar surface area (TPSA) is 48.1 Å². The molecule has 0 saturated carbocycles. The fraction of sp³-hybridized carbons (Fsp3) is 0.650. The molecule has 146 valence electrons. The van der Waals surface area contributed by atoms with Crippen LogP contribution in [0.1, 0.15) is 30.9 Å². The van der Waals surface area contributed by atoms with Crippen molar-refractivity contribution in [3.05, 3.63) is 35.4 Å². The molecule has 0 atom stereocenters. The van der Waals surface area contributed by atoms with E-state index in [4.69, 9.17) is 5.73 Å². The van der Waals surface area contributed by atoms with Crippen molar-refractivity contribution in [2.24, 2.45) is 16.6 Å². The summed E-state index contributed by atoms with van der Waals surface area (Å²) < 4.78 is 0. The zero-order valence-corrected chi connectivity index (χ0v) is 18.6. The fourth-order valence-corrected chi connectivity index (χ4v) is 3.52. The summed E-state index contributed by atoms with van der Waals surface area (Å²) in [5.41, 5.74) is 8.79. The Kier molecular flexibility index (Phi) is 8.63. The van der Waals surface area contributed by atoms with Crippen molar-refractivity contribution >= 4 is 29.9 Å². The SMILES string of the molecule is CC1CCN(C(N)=NCc2ccc(CN3CCN(C)CC3)cc2)CC1.I. The van der Waals surface area contributed by atoms with E-state index in [-0.39, 0.29) is 24.0 Å². The van der Waals surface area contributed by atoms with Crippen molar-refractivity contribution in [3.63, 3.8) is 0 Å². The van der Waals surface area contributed by atoms with Crippen LogP contribution in [0.3, 0.4) is 0 Å². The van der Waals surface area contributed by atoms with Gasteiger partial charge in [0.25, 0.3) is 0 Å². The minimum absolute atomic E-state index is 0. The van der Waals surface area contributed by atoms with Gasteiger partial charge in [0, 0.05) is 45.8 Å². The summed E-state index contributed by atoms with van der Waals surface area (Å²) in [5.74, 6) is 1.52. The van der Waals surface area contributed by atoms with Crippen LogP contribution >= 0.6 is 24.0 Å². The van der Waals surface area contributed by atoms with E-state index in [1.807, 2.05) is 0 Å². The Labute approximate surface area is 175 Å². The zero-order valence-electron chi connectivity index (χ0n) is 16.2. The van der Waals surface area contributed by atoms with Gasteiger partial charge >= 0.3 is 0 Å². The van der Waals surface area contributed by atoms with Crippen LogP contribution < -0.4 is 5.73 Å². The van der Waals surface area contributed by atoms with Gasteiger partial charge in [-0.25, -0.2) is 4.99 Å². The molecule has 1 aromatic carbocycles. The van der Waals surface area contributed by atoms with Gasteiger partial charge in [-0.3, -0.25) is 4.90 Å². The molecule has 0 radical (unpaired) electrons. The normalized spacial score (nSPS) is 20.8. The maximum atomic E-state index is 6.17. The highest BCUT2D eigenvalue weighted by Gasteiger charge is 2.17. The van der Waals surface area contributed by atoms with Crippen molar-refractivity contribution in [3.8, 4) is 0 Å². The third-order valence-corrected chi connectivity index (χ3v) is 5.56. The smallest absolute Gasteiger partial charge is 0.191 e. The third kappa shape index (κ3) is 6.39. The van der Waals surface area contributed by atoms with Crippen molar-refractivity contribution in [2.75, 3.05) is 46.3 Å². The summed E-state index contributed by atoms with van der Waals surface area (Å²) in [6, 6.07) is 8.87. The lowest BCUT2D eigenvalue weighted by Crippen LogP contribution is -2.43. The second-order valence-corrected chi connectivity index (χ2v) is 7.74. The number of hydrogen-bond acceptors (Lipinski definition) is 3. The molecule has 6 heteroatoms. The second-order valence-electron chi connectivity index (χ2n) is 7.74. The van der Waals surface area contributed by atoms with Gasteiger partial charge in [0.2, 0.25) is 0 Å². The Bertz CT molecular complexity index is 558. The lowest BCUT2D eigenvalue weighted by atomic mass is 10.00. The minimum Gasteiger partial charge on any atom is -0.370 e. The number of halogens is 1. The monoisotopic (exact) mass is 471 g/mol. The number of guanidine groups is 1. The highest BCUT2D eigenvalue weighted by Crippen LogP contribution is 2.16. The largest absolute Gasteiger partial charge is 0.370 e. The first-order chi connectivity index (χ1) is 12.1. The molecular weight excluding hydrogens is 437 g/mol. The molecular formula is C20H34IN5. The van der Waals surface area contributed by atoms with Crippen molar-refractivity contribution in [1.82, 2.24) is 14.7 Å². The highest BCUT2D eigenvalue weighted by molar-refractivity contribution is 14.0. The number of aliphatic imine (C=N–C) groups is 1. The number of rotatable bonds is 4.